The maximum atomic E-state index is 13.0. The van der Waals surface area contributed by atoms with Crippen LogP contribution in [0.5, 0.6) is 0 Å². The van der Waals surface area contributed by atoms with Crippen molar-refractivity contribution in [3.05, 3.63) is 35.9 Å². The monoisotopic (exact) mass is 352 g/mol. The van der Waals surface area contributed by atoms with E-state index in [2.05, 4.69) is 12.2 Å². The molecule has 0 N–H and O–H groups in total. The minimum Gasteiger partial charge on any atom is -0.452 e. The van der Waals surface area contributed by atoms with E-state index in [1.807, 2.05) is 12.1 Å². The molecular formula is C20H20N2O4. The number of allylic oxidation sites excluding steroid dienone is 2. The van der Waals surface area contributed by atoms with Crippen LogP contribution in [0.3, 0.4) is 0 Å². The number of imide groups is 1. The number of carbonyl (C=O) groups is 3. The van der Waals surface area contributed by atoms with Crippen molar-refractivity contribution in [1.29, 1.82) is 0 Å². The Morgan fingerprint density at radius 1 is 1.12 bits per heavy atom. The van der Waals surface area contributed by atoms with Gasteiger partial charge in [0.1, 0.15) is 0 Å². The van der Waals surface area contributed by atoms with Crippen LogP contribution in [0.25, 0.3) is 0 Å². The summed E-state index contributed by atoms with van der Waals surface area (Å²) in [7, 11) is 1.37. The van der Waals surface area contributed by atoms with Gasteiger partial charge in [0.05, 0.1) is 30.3 Å². The second-order valence-electron chi connectivity index (χ2n) is 7.55. The second kappa shape index (κ2) is 5.43. The molecule has 4 atom stereocenters. The van der Waals surface area contributed by atoms with E-state index >= 15 is 0 Å². The van der Waals surface area contributed by atoms with E-state index in [1.165, 1.54) is 12.0 Å². The number of nitrogens with zero attached hydrogens (tertiary/aromatic N) is 2. The Hall–Kier alpha value is -2.63. The minimum absolute atomic E-state index is 0.0718. The van der Waals surface area contributed by atoms with E-state index in [0.29, 0.717) is 12.2 Å². The van der Waals surface area contributed by atoms with Crippen molar-refractivity contribution in [3.63, 3.8) is 0 Å². The molecule has 1 saturated heterocycles. The molecule has 1 aromatic rings. The van der Waals surface area contributed by atoms with Crippen LogP contribution < -0.4 is 9.80 Å². The van der Waals surface area contributed by atoms with Crippen LogP contribution >= 0.6 is 0 Å². The normalized spacial score (nSPS) is 31.4. The molecule has 2 heterocycles. The fourth-order valence-electron chi connectivity index (χ4n) is 5.18. The highest BCUT2D eigenvalue weighted by molar-refractivity contribution is 6.23. The van der Waals surface area contributed by atoms with Gasteiger partial charge in [-0.3, -0.25) is 19.4 Å². The molecule has 6 heteroatoms. The summed E-state index contributed by atoms with van der Waals surface area (Å²) in [5, 5.41) is 0. The van der Waals surface area contributed by atoms with Gasteiger partial charge in [-0.05, 0) is 54.9 Å². The van der Waals surface area contributed by atoms with E-state index < -0.39 is 0 Å². The first-order chi connectivity index (χ1) is 12.6. The summed E-state index contributed by atoms with van der Waals surface area (Å²) < 4.78 is 4.85. The molecule has 2 aliphatic carbocycles. The van der Waals surface area contributed by atoms with Crippen molar-refractivity contribution < 1.29 is 19.1 Å². The molecule has 3 amide bonds. The Labute approximate surface area is 151 Å². The molecule has 0 radical (unpaired) electrons. The summed E-state index contributed by atoms with van der Waals surface area (Å²) in [5.74, 6) is -0.118. The highest BCUT2D eigenvalue weighted by atomic mass is 16.5. The van der Waals surface area contributed by atoms with Gasteiger partial charge in [-0.25, -0.2) is 4.79 Å². The SMILES string of the molecule is COC(=O)N1CCCc2cc(N3C(=O)C4C5C=CC(C5)C4C3=O)ccc21. The summed E-state index contributed by atoms with van der Waals surface area (Å²) in [6.07, 6.45) is 6.38. The summed E-state index contributed by atoms with van der Waals surface area (Å²) in [5.41, 5.74) is 2.39. The standard InChI is InChI=1S/C20H20N2O4/c1-26-20(25)21-8-2-3-11-10-14(6-7-15(11)21)22-18(23)16-12-4-5-13(9-12)17(16)19(22)24/h4-7,10,12-13,16-17H,2-3,8-9H2,1H3. The van der Waals surface area contributed by atoms with Crippen LogP contribution in [-0.2, 0) is 20.7 Å². The third-order valence-electron chi connectivity index (χ3n) is 6.31. The van der Waals surface area contributed by atoms with Crippen LogP contribution in [0.4, 0.5) is 16.2 Å². The van der Waals surface area contributed by atoms with Crippen LogP contribution in [-0.4, -0.2) is 31.6 Å². The maximum Gasteiger partial charge on any atom is 0.414 e. The fraction of sp³-hybridized carbons (Fsp3) is 0.450. The zero-order valence-corrected chi connectivity index (χ0v) is 14.6. The number of anilines is 2. The van der Waals surface area contributed by atoms with Crippen LogP contribution in [0.2, 0.25) is 0 Å². The van der Waals surface area contributed by atoms with E-state index in [0.717, 1.165) is 30.5 Å². The third-order valence-corrected chi connectivity index (χ3v) is 6.31. The molecule has 1 saturated carbocycles. The average molecular weight is 352 g/mol. The number of carbonyl (C=O) groups excluding carboxylic acids is 3. The van der Waals surface area contributed by atoms with Crippen molar-refractivity contribution in [2.75, 3.05) is 23.5 Å². The van der Waals surface area contributed by atoms with Gasteiger partial charge in [-0.1, -0.05) is 12.2 Å². The van der Waals surface area contributed by atoms with Crippen molar-refractivity contribution >= 4 is 29.3 Å². The molecular weight excluding hydrogens is 332 g/mol. The molecule has 4 aliphatic rings. The smallest absolute Gasteiger partial charge is 0.414 e. The Morgan fingerprint density at radius 3 is 2.46 bits per heavy atom. The largest absolute Gasteiger partial charge is 0.452 e. The van der Waals surface area contributed by atoms with Crippen molar-refractivity contribution in [2.24, 2.45) is 23.7 Å². The fourth-order valence-corrected chi connectivity index (χ4v) is 5.18. The number of hydrogen-bond donors (Lipinski definition) is 0. The molecule has 0 spiro atoms. The molecule has 1 aromatic carbocycles. The molecule has 134 valence electrons. The Kier molecular flexibility index (Phi) is 3.26. The average Bonchev–Trinajstić information content (AvgIpc) is 3.34. The summed E-state index contributed by atoms with van der Waals surface area (Å²) in [4.78, 5) is 40.9. The number of ether oxygens (including phenoxy) is 1. The van der Waals surface area contributed by atoms with E-state index in [4.69, 9.17) is 4.74 Å². The van der Waals surface area contributed by atoms with Gasteiger partial charge >= 0.3 is 6.09 Å². The van der Waals surface area contributed by atoms with Crippen LogP contribution in [0, 0.1) is 23.7 Å². The number of fused-ring (bicyclic) bond motifs is 6. The molecule has 5 rings (SSSR count). The highest BCUT2D eigenvalue weighted by Gasteiger charge is 2.59. The van der Waals surface area contributed by atoms with E-state index in [-0.39, 0.29) is 41.6 Å². The second-order valence-corrected chi connectivity index (χ2v) is 7.55. The van der Waals surface area contributed by atoms with Gasteiger partial charge in [0.2, 0.25) is 11.8 Å². The first-order valence-electron chi connectivity index (χ1n) is 9.14. The van der Waals surface area contributed by atoms with Gasteiger partial charge in [0, 0.05) is 6.54 Å². The van der Waals surface area contributed by atoms with Gasteiger partial charge in [0.25, 0.3) is 0 Å². The van der Waals surface area contributed by atoms with Gasteiger partial charge < -0.3 is 4.74 Å². The third kappa shape index (κ3) is 1.95. The van der Waals surface area contributed by atoms with E-state index in [1.54, 1.807) is 11.0 Å². The zero-order valence-electron chi connectivity index (χ0n) is 14.6. The topological polar surface area (TPSA) is 66.9 Å². The van der Waals surface area contributed by atoms with Gasteiger partial charge in [-0.15, -0.1) is 0 Å². The Morgan fingerprint density at radius 2 is 1.81 bits per heavy atom. The summed E-state index contributed by atoms with van der Waals surface area (Å²) in [6, 6.07) is 5.48. The predicted molar refractivity (Wildman–Crippen MR) is 94.7 cm³/mol. The molecule has 2 fully saturated rings. The first-order valence-corrected chi connectivity index (χ1v) is 9.14. The molecule has 2 bridgehead atoms. The Balaban J connectivity index is 1.50. The quantitative estimate of drug-likeness (QED) is 0.575. The number of rotatable bonds is 1. The lowest BCUT2D eigenvalue weighted by molar-refractivity contribution is -0.123. The molecule has 4 unspecified atom stereocenters. The lowest BCUT2D eigenvalue weighted by Crippen LogP contribution is -2.36. The van der Waals surface area contributed by atoms with Crippen LogP contribution in [0.15, 0.2) is 30.4 Å². The zero-order chi connectivity index (χ0) is 18.0. The van der Waals surface area contributed by atoms with Gasteiger partial charge in [0.15, 0.2) is 0 Å². The first kappa shape index (κ1) is 15.6. The summed E-state index contributed by atoms with van der Waals surface area (Å²) in [6.45, 7) is 0.611. The minimum atomic E-state index is -0.385. The van der Waals surface area contributed by atoms with E-state index in [9.17, 15) is 14.4 Å². The van der Waals surface area contributed by atoms with Crippen molar-refractivity contribution in [2.45, 2.75) is 19.3 Å². The highest BCUT2D eigenvalue weighted by Crippen LogP contribution is 2.53. The maximum absolute atomic E-state index is 13.0. The number of hydrogen-bond acceptors (Lipinski definition) is 4. The predicted octanol–water partition coefficient (Wildman–Crippen LogP) is 2.52. The number of benzene rings is 1. The molecule has 0 aromatic heterocycles. The molecule has 26 heavy (non-hydrogen) atoms. The summed E-state index contributed by atoms with van der Waals surface area (Å²) >= 11 is 0. The number of amides is 3. The van der Waals surface area contributed by atoms with Crippen LogP contribution in [0.1, 0.15) is 18.4 Å². The molecule has 6 nitrogen and oxygen atoms in total. The lowest BCUT2D eigenvalue weighted by Gasteiger charge is -2.29. The lowest BCUT2D eigenvalue weighted by atomic mass is 9.85. The van der Waals surface area contributed by atoms with Crippen molar-refractivity contribution in [3.8, 4) is 0 Å². The number of aryl methyl sites for hydroxylation is 1. The van der Waals surface area contributed by atoms with Crippen molar-refractivity contribution in [1.82, 2.24) is 0 Å². The molecule has 2 aliphatic heterocycles. The Bertz CT molecular complexity index is 831. The number of methoxy groups -OCH3 is 1. The van der Waals surface area contributed by atoms with Gasteiger partial charge in [-0.2, -0.15) is 0 Å².